The fraction of sp³-hybridized carbons (Fsp3) is 0.190. The van der Waals surface area contributed by atoms with Gasteiger partial charge >= 0.3 is 5.97 Å². The molecule has 0 saturated heterocycles. The number of anilines is 1. The van der Waals surface area contributed by atoms with E-state index in [0.29, 0.717) is 27.6 Å². The SMILES string of the molecule is COC(=O)c1ccc(NC(=O)/C(C#N)=C/c2cc(Cl)ccc2OC(C)C)cc1. The molecule has 0 bridgehead atoms. The molecule has 2 rings (SSSR count). The van der Waals surface area contributed by atoms with E-state index in [9.17, 15) is 14.9 Å². The summed E-state index contributed by atoms with van der Waals surface area (Å²) in [5.41, 5.74) is 1.19. The average molecular weight is 399 g/mol. The number of nitrogens with one attached hydrogen (secondary N) is 1. The zero-order valence-electron chi connectivity index (χ0n) is 15.7. The van der Waals surface area contributed by atoms with Crippen molar-refractivity contribution in [1.82, 2.24) is 0 Å². The van der Waals surface area contributed by atoms with Crippen molar-refractivity contribution in [2.45, 2.75) is 20.0 Å². The van der Waals surface area contributed by atoms with Crippen molar-refractivity contribution < 1.29 is 19.1 Å². The lowest BCUT2D eigenvalue weighted by atomic mass is 10.1. The zero-order chi connectivity index (χ0) is 20.7. The second-order valence-corrected chi connectivity index (χ2v) is 6.48. The van der Waals surface area contributed by atoms with Crippen LogP contribution in [-0.4, -0.2) is 25.1 Å². The molecule has 0 spiro atoms. The van der Waals surface area contributed by atoms with Gasteiger partial charge in [-0.25, -0.2) is 4.79 Å². The molecule has 0 fully saturated rings. The minimum Gasteiger partial charge on any atom is -0.490 e. The van der Waals surface area contributed by atoms with Crippen LogP contribution in [0.4, 0.5) is 5.69 Å². The summed E-state index contributed by atoms with van der Waals surface area (Å²) in [6, 6.07) is 13.0. The summed E-state index contributed by atoms with van der Waals surface area (Å²) in [4.78, 5) is 23.9. The number of nitrogens with zero attached hydrogens (tertiary/aromatic N) is 1. The predicted molar refractivity (Wildman–Crippen MR) is 107 cm³/mol. The molecule has 0 aliphatic rings. The van der Waals surface area contributed by atoms with Gasteiger partial charge in [0, 0.05) is 16.3 Å². The molecule has 0 unspecified atom stereocenters. The lowest BCUT2D eigenvalue weighted by Crippen LogP contribution is -2.14. The van der Waals surface area contributed by atoms with E-state index in [1.807, 2.05) is 19.9 Å². The maximum absolute atomic E-state index is 12.5. The maximum atomic E-state index is 12.5. The molecule has 2 aromatic carbocycles. The Hall–Kier alpha value is -3.30. The second-order valence-electron chi connectivity index (χ2n) is 6.04. The van der Waals surface area contributed by atoms with Crippen molar-refractivity contribution >= 4 is 35.2 Å². The van der Waals surface area contributed by atoms with Crippen molar-refractivity contribution in [3.05, 3.63) is 64.2 Å². The Balaban J connectivity index is 2.25. The van der Waals surface area contributed by atoms with Crippen LogP contribution in [0.2, 0.25) is 5.02 Å². The molecule has 0 aliphatic carbocycles. The van der Waals surface area contributed by atoms with Crippen LogP contribution < -0.4 is 10.1 Å². The average Bonchev–Trinajstić information content (AvgIpc) is 2.67. The summed E-state index contributed by atoms with van der Waals surface area (Å²) in [5.74, 6) is -0.555. The summed E-state index contributed by atoms with van der Waals surface area (Å²) < 4.78 is 10.3. The summed E-state index contributed by atoms with van der Waals surface area (Å²) >= 11 is 6.04. The van der Waals surface area contributed by atoms with E-state index in [4.69, 9.17) is 16.3 Å². The van der Waals surface area contributed by atoms with Crippen molar-refractivity contribution in [2.24, 2.45) is 0 Å². The van der Waals surface area contributed by atoms with Crippen LogP contribution in [0.5, 0.6) is 5.75 Å². The van der Waals surface area contributed by atoms with Gasteiger partial charge in [0.05, 0.1) is 18.8 Å². The monoisotopic (exact) mass is 398 g/mol. The molecule has 0 aliphatic heterocycles. The fourth-order valence-electron chi connectivity index (χ4n) is 2.30. The molecule has 0 radical (unpaired) electrons. The first-order valence-electron chi connectivity index (χ1n) is 8.41. The minimum absolute atomic E-state index is 0.0824. The molecule has 7 heteroatoms. The van der Waals surface area contributed by atoms with E-state index in [-0.39, 0.29) is 11.7 Å². The summed E-state index contributed by atoms with van der Waals surface area (Å²) in [5, 5.41) is 12.5. The molecule has 0 heterocycles. The number of carbonyl (C=O) groups is 2. The number of nitriles is 1. The van der Waals surface area contributed by atoms with E-state index >= 15 is 0 Å². The molecule has 6 nitrogen and oxygen atoms in total. The lowest BCUT2D eigenvalue weighted by Gasteiger charge is -2.13. The number of rotatable bonds is 6. The van der Waals surface area contributed by atoms with Gasteiger partial charge in [0.15, 0.2) is 0 Å². The van der Waals surface area contributed by atoms with E-state index in [0.717, 1.165) is 0 Å². The van der Waals surface area contributed by atoms with Gasteiger partial charge in [-0.2, -0.15) is 5.26 Å². The first-order chi connectivity index (χ1) is 13.3. The van der Waals surface area contributed by atoms with Crippen molar-refractivity contribution in [2.75, 3.05) is 12.4 Å². The van der Waals surface area contributed by atoms with Gasteiger partial charge in [0.1, 0.15) is 17.4 Å². The van der Waals surface area contributed by atoms with E-state index in [1.54, 1.807) is 30.3 Å². The van der Waals surface area contributed by atoms with Gasteiger partial charge in [-0.3, -0.25) is 4.79 Å². The molecule has 144 valence electrons. The number of benzene rings is 2. The van der Waals surface area contributed by atoms with E-state index in [1.165, 1.54) is 25.3 Å². The van der Waals surface area contributed by atoms with Crippen LogP contribution in [0.3, 0.4) is 0 Å². The normalized spacial score (nSPS) is 10.9. The molecule has 0 saturated carbocycles. The van der Waals surface area contributed by atoms with E-state index < -0.39 is 11.9 Å². The van der Waals surface area contributed by atoms with Crippen LogP contribution >= 0.6 is 11.6 Å². The Morgan fingerprint density at radius 2 is 1.86 bits per heavy atom. The van der Waals surface area contributed by atoms with Gasteiger partial charge in [0.25, 0.3) is 5.91 Å². The Kier molecular flexibility index (Phi) is 7.19. The highest BCUT2D eigenvalue weighted by atomic mass is 35.5. The van der Waals surface area contributed by atoms with Gasteiger partial charge in [-0.1, -0.05) is 11.6 Å². The number of carbonyl (C=O) groups excluding carboxylic acids is 2. The molecule has 1 N–H and O–H groups in total. The van der Waals surface area contributed by atoms with Crippen molar-refractivity contribution in [3.63, 3.8) is 0 Å². The first-order valence-corrected chi connectivity index (χ1v) is 8.79. The third kappa shape index (κ3) is 5.60. The Morgan fingerprint density at radius 3 is 2.43 bits per heavy atom. The topological polar surface area (TPSA) is 88.4 Å². The Bertz CT molecular complexity index is 944. The molecule has 2 aromatic rings. The molecule has 28 heavy (non-hydrogen) atoms. The second kappa shape index (κ2) is 9.58. The summed E-state index contributed by atoms with van der Waals surface area (Å²) in [6.45, 7) is 3.75. The number of amides is 1. The number of methoxy groups -OCH3 is 1. The van der Waals surface area contributed by atoms with Gasteiger partial charge in [0.2, 0.25) is 0 Å². The smallest absolute Gasteiger partial charge is 0.337 e. The standard InChI is InChI=1S/C21H19ClN2O4/c1-13(2)28-19-9-6-17(22)11-15(19)10-16(12-23)20(25)24-18-7-4-14(5-8-18)21(26)27-3/h4-11,13H,1-3H3,(H,24,25)/b16-10+. The highest BCUT2D eigenvalue weighted by Crippen LogP contribution is 2.26. The molecule has 0 aromatic heterocycles. The fourth-order valence-corrected chi connectivity index (χ4v) is 2.48. The van der Waals surface area contributed by atoms with E-state index in [2.05, 4.69) is 10.1 Å². The number of ether oxygens (including phenoxy) is 2. The van der Waals surface area contributed by atoms with Crippen LogP contribution in [-0.2, 0) is 9.53 Å². The Morgan fingerprint density at radius 1 is 1.18 bits per heavy atom. The third-order valence-corrected chi connectivity index (χ3v) is 3.80. The number of hydrogen-bond donors (Lipinski definition) is 1. The first kappa shape index (κ1) is 21.0. The summed E-state index contributed by atoms with van der Waals surface area (Å²) in [6.07, 6.45) is 1.34. The molecular weight excluding hydrogens is 380 g/mol. The predicted octanol–water partition coefficient (Wildman–Crippen LogP) is 4.46. The highest BCUT2D eigenvalue weighted by molar-refractivity contribution is 6.30. The quantitative estimate of drug-likeness (QED) is 0.441. The highest BCUT2D eigenvalue weighted by Gasteiger charge is 2.13. The van der Waals surface area contributed by atoms with Crippen LogP contribution in [0, 0.1) is 11.3 Å². The number of esters is 1. The Labute approximate surface area is 168 Å². The lowest BCUT2D eigenvalue weighted by molar-refractivity contribution is -0.112. The molecule has 0 atom stereocenters. The third-order valence-electron chi connectivity index (χ3n) is 3.56. The number of hydrogen-bond acceptors (Lipinski definition) is 5. The maximum Gasteiger partial charge on any atom is 0.337 e. The van der Waals surface area contributed by atoms with Crippen molar-refractivity contribution in [1.29, 1.82) is 5.26 Å². The van der Waals surface area contributed by atoms with Gasteiger partial charge in [-0.05, 0) is 62.4 Å². The van der Waals surface area contributed by atoms with Gasteiger partial charge < -0.3 is 14.8 Å². The molecular formula is C21H19ClN2O4. The minimum atomic E-state index is -0.594. The van der Waals surface area contributed by atoms with Crippen LogP contribution in [0.25, 0.3) is 6.08 Å². The van der Waals surface area contributed by atoms with Crippen LogP contribution in [0.1, 0.15) is 29.8 Å². The van der Waals surface area contributed by atoms with Gasteiger partial charge in [-0.15, -0.1) is 0 Å². The van der Waals surface area contributed by atoms with Crippen molar-refractivity contribution in [3.8, 4) is 11.8 Å². The van der Waals surface area contributed by atoms with Crippen LogP contribution in [0.15, 0.2) is 48.0 Å². The number of halogens is 1. The largest absolute Gasteiger partial charge is 0.490 e. The molecule has 1 amide bonds. The zero-order valence-corrected chi connectivity index (χ0v) is 16.4. The summed E-state index contributed by atoms with van der Waals surface area (Å²) in [7, 11) is 1.29.